The molecule has 1 aromatic carbocycles. The normalized spacial score (nSPS) is 10.4. The zero-order chi connectivity index (χ0) is 10.1. The minimum absolute atomic E-state index is 0.277. The molecule has 1 heterocycles. The number of hydrogen-bond acceptors (Lipinski definition) is 4. The van der Waals surface area contributed by atoms with Gasteiger partial charge in [-0.2, -0.15) is 4.98 Å². The van der Waals surface area contributed by atoms with E-state index in [2.05, 4.69) is 10.1 Å². The molecule has 0 unspecified atom stereocenters. The first-order chi connectivity index (χ1) is 6.66. The first-order valence-corrected chi connectivity index (χ1v) is 4.19. The first-order valence-electron chi connectivity index (χ1n) is 4.19. The maximum absolute atomic E-state index is 5.58. The Labute approximate surface area is 81.4 Å². The molecule has 5 heteroatoms. The van der Waals surface area contributed by atoms with Gasteiger partial charge in [-0.1, -0.05) is 0 Å². The Hall–Kier alpha value is -2.04. The van der Waals surface area contributed by atoms with Gasteiger partial charge in [-0.3, -0.25) is 0 Å². The van der Waals surface area contributed by atoms with Crippen molar-refractivity contribution in [1.29, 1.82) is 0 Å². The van der Waals surface area contributed by atoms with E-state index < -0.39 is 0 Å². The Kier molecular flexibility index (Phi) is 1.85. The third-order valence-corrected chi connectivity index (χ3v) is 1.95. The molecule has 0 bridgehead atoms. The Balaban J connectivity index is 2.49. The van der Waals surface area contributed by atoms with Gasteiger partial charge < -0.3 is 11.5 Å². The fourth-order valence-corrected chi connectivity index (χ4v) is 1.29. The van der Waals surface area contributed by atoms with Crippen molar-refractivity contribution in [1.82, 2.24) is 14.8 Å². The number of rotatable bonds is 1. The van der Waals surface area contributed by atoms with Crippen LogP contribution in [0.15, 0.2) is 24.3 Å². The molecule has 0 spiro atoms. The van der Waals surface area contributed by atoms with Crippen LogP contribution in [0.3, 0.4) is 0 Å². The number of benzene rings is 1. The Morgan fingerprint density at radius 1 is 1.14 bits per heavy atom. The van der Waals surface area contributed by atoms with Crippen molar-refractivity contribution in [2.24, 2.45) is 7.05 Å². The predicted molar refractivity (Wildman–Crippen MR) is 55.3 cm³/mol. The molecular weight excluding hydrogens is 178 g/mol. The summed E-state index contributed by atoms with van der Waals surface area (Å²) in [6.45, 7) is 0. The van der Waals surface area contributed by atoms with Crippen LogP contribution in [-0.4, -0.2) is 14.8 Å². The predicted octanol–water partition coefficient (Wildman–Crippen LogP) is 0.647. The number of nitrogen functional groups attached to an aromatic ring is 2. The number of anilines is 2. The number of aromatic nitrogens is 3. The van der Waals surface area contributed by atoms with Crippen LogP contribution in [0.25, 0.3) is 11.4 Å². The van der Waals surface area contributed by atoms with E-state index in [0.29, 0.717) is 0 Å². The lowest BCUT2D eigenvalue weighted by Gasteiger charge is -1.99. The van der Waals surface area contributed by atoms with Gasteiger partial charge in [0.1, 0.15) is 0 Å². The average Bonchev–Trinajstić information content (AvgIpc) is 2.47. The highest BCUT2D eigenvalue weighted by Gasteiger charge is 2.06. The molecule has 0 aliphatic rings. The zero-order valence-electron chi connectivity index (χ0n) is 7.81. The van der Waals surface area contributed by atoms with Crippen molar-refractivity contribution < 1.29 is 0 Å². The zero-order valence-corrected chi connectivity index (χ0v) is 7.81. The van der Waals surface area contributed by atoms with Crippen molar-refractivity contribution in [2.75, 3.05) is 11.5 Å². The van der Waals surface area contributed by atoms with E-state index in [1.54, 1.807) is 11.7 Å². The van der Waals surface area contributed by atoms with Gasteiger partial charge in [0, 0.05) is 18.3 Å². The topological polar surface area (TPSA) is 82.8 Å². The molecule has 4 N–H and O–H groups in total. The highest BCUT2D eigenvalue weighted by atomic mass is 15.4. The summed E-state index contributed by atoms with van der Waals surface area (Å²) >= 11 is 0. The molecule has 0 aliphatic heterocycles. The van der Waals surface area contributed by atoms with Crippen LogP contribution in [0, 0.1) is 0 Å². The minimum Gasteiger partial charge on any atom is -0.399 e. The molecule has 0 fully saturated rings. The number of nitrogens with zero attached hydrogens (tertiary/aromatic N) is 3. The summed E-state index contributed by atoms with van der Waals surface area (Å²) in [5, 5.41) is 3.96. The number of aryl methyl sites for hydroxylation is 1. The average molecular weight is 189 g/mol. The van der Waals surface area contributed by atoms with E-state index in [1.165, 1.54) is 0 Å². The third-order valence-electron chi connectivity index (χ3n) is 1.95. The SMILES string of the molecule is Cn1nc(N)nc1-c1ccc(N)cc1. The largest absolute Gasteiger partial charge is 0.399 e. The summed E-state index contributed by atoms with van der Waals surface area (Å²) in [5.74, 6) is 1.02. The number of nitrogens with two attached hydrogens (primary N) is 2. The fraction of sp³-hybridized carbons (Fsp3) is 0.111. The third kappa shape index (κ3) is 1.39. The molecule has 14 heavy (non-hydrogen) atoms. The molecule has 5 nitrogen and oxygen atoms in total. The summed E-state index contributed by atoms with van der Waals surface area (Å²) in [6, 6.07) is 7.41. The number of hydrogen-bond donors (Lipinski definition) is 2. The van der Waals surface area contributed by atoms with Crippen molar-refractivity contribution in [2.45, 2.75) is 0 Å². The summed E-state index contributed by atoms with van der Waals surface area (Å²) < 4.78 is 1.64. The van der Waals surface area contributed by atoms with E-state index in [0.717, 1.165) is 17.1 Å². The summed E-state index contributed by atoms with van der Waals surface area (Å²) in [5.41, 5.74) is 12.7. The van der Waals surface area contributed by atoms with Crippen LogP contribution in [0.1, 0.15) is 0 Å². The molecule has 0 amide bonds. The van der Waals surface area contributed by atoms with Gasteiger partial charge in [0.15, 0.2) is 5.82 Å². The van der Waals surface area contributed by atoms with Crippen molar-refractivity contribution in [3.63, 3.8) is 0 Å². The van der Waals surface area contributed by atoms with E-state index in [4.69, 9.17) is 11.5 Å². The molecule has 2 aromatic rings. The summed E-state index contributed by atoms with van der Waals surface area (Å²) in [7, 11) is 1.80. The minimum atomic E-state index is 0.277. The van der Waals surface area contributed by atoms with Crippen LogP contribution in [0.5, 0.6) is 0 Å². The van der Waals surface area contributed by atoms with Crippen LogP contribution < -0.4 is 11.5 Å². The molecule has 72 valence electrons. The van der Waals surface area contributed by atoms with Gasteiger partial charge in [-0.05, 0) is 24.3 Å². The molecular formula is C9H11N5. The highest BCUT2D eigenvalue weighted by Crippen LogP contribution is 2.18. The molecule has 2 rings (SSSR count). The van der Waals surface area contributed by atoms with Gasteiger partial charge >= 0.3 is 0 Å². The lowest BCUT2D eigenvalue weighted by Crippen LogP contribution is -1.95. The molecule has 0 atom stereocenters. The Morgan fingerprint density at radius 2 is 1.79 bits per heavy atom. The fourth-order valence-electron chi connectivity index (χ4n) is 1.29. The molecule has 0 radical (unpaired) electrons. The first kappa shape index (κ1) is 8.55. The maximum atomic E-state index is 5.58. The summed E-state index contributed by atoms with van der Waals surface area (Å²) in [4.78, 5) is 4.10. The van der Waals surface area contributed by atoms with Crippen LogP contribution in [0.4, 0.5) is 11.6 Å². The van der Waals surface area contributed by atoms with Crippen LogP contribution >= 0.6 is 0 Å². The van der Waals surface area contributed by atoms with Crippen LogP contribution in [-0.2, 0) is 7.05 Å². The quantitative estimate of drug-likeness (QED) is 0.645. The lowest BCUT2D eigenvalue weighted by atomic mass is 10.2. The smallest absolute Gasteiger partial charge is 0.240 e. The second-order valence-electron chi connectivity index (χ2n) is 3.04. The van der Waals surface area contributed by atoms with Gasteiger partial charge in [-0.25, -0.2) is 4.68 Å². The standard InChI is InChI=1S/C9H11N5/c1-14-8(12-9(11)13-14)6-2-4-7(10)5-3-6/h2-5H,10H2,1H3,(H2,11,13). The van der Waals surface area contributed by atoms with E-state index in [-0.39, 0.29) is 5.95 Å². The molecule has 0 saturated heterocycles. The van der Waals surface area contributed by atoms with E-state index in [1.807, 2.05) is 24.3 Å². The van der Waals surface area contributed by atoms with Crippen LogP contribution in [0.2, 0.25) is 0 Å². The molecule has 0 saturated carbocycles. The monoisotopic (exact) mass is 189 g/mol. The van der Waals surface area contributed by atoms with Gasteiger partial charge in [-0.15, -0.1) is 5.10 Å². The highest BCUT2D eigenvalue weighted by molar-refractivity contribution is 5.59. The Morgan fingerprint density at radius 3 is 2.29 bits per heavy atom. The summed E-state index contributed by atoms with van der Waals surface area (Å²) in [6.07, 6.45) is 0. The van der Waals surface area contributed by atoms with Gasteiger partial charge in [0.25, 0.3) is 0 Å². The van der Waals surface area contributed by atoms with Crippen molar-refractivity contribution in [3.05, 3.63) is 24.3 Å². The lowest BCUT2D eigenvalue weighted by molar-refractivity contribution is 0.778. The molecule has 0 aliphatic carbocycles. The van der Waals surface area contributed by atoms with Gasteiger partial charge in [0.2, 0.25) is 5.95 Å². The van der Waals surface area contributed by atoms with E-state index >= 15 is 0 Å². The van der Waals surface area contributed by atoms with E-state index in [9.17, 15) is 0 Å². The molecule has 1 aromatic heterocycles. The second-order valence-corrected chi connectivity index (χ2v) is 3.04. The van der Waals surface area contributed by atoms with Crippen molar-refractivity contribution in [3.8, 4) is 11.4 Å². The Bertz CT molecular complexity index is 443. The van der Waals surface area contributed by atoms with Crippen molar-refractivity contribution >= 4 is 11.6 Å². The maximum Gasteiger partial charge on any atom is 0.240 e. The second kappa shape index (κ2) is 3.02. The van der Waals surface area contributed by atoms with Gasteiger partial charge in [0.05, 0.1) is 0 Å².